The van der Waals surface area contributed by atoms with E-state index in [1.54, 1.807) is 0 Å². The van der Waals surface area contributed by atoms with Gasteiger partial charge in [-0.05, 0) is 0 Å². The molecule has 0 fully saturated rings. The van der Waals surface area contributed by atoms with Crippen molar-refractivity contribution in [3.05, 3.63) is 133 Å². The first kappa shape index (κ1) is 23.7. The van der Waals surface area contributed by atoms with Crippen LogP contribution in [0.15, 0.2) is 133 Å². The zero-order chi connectivity index (χ0) is 17.9. The normalized spacial score (nSPS) is 8.86. The van der Waals surface area contributed by atoms with Crippen molar-refractivity contribution in [3.63, 3.8) is 0 Å². The fourth-order valence-electron chi connectivity index (χ4n) is 2.65. The van der Waals surface area contributed by atoms with Gasteiger partial charge in [-0.15, -0.1) is 59.7 Å². The third kappa shape index (κ3) is 7.72. The minimum atomic E-state index is 0. The maximum absolute atomic E-state index is 2.24. The van der Waals surface area contributed by atoms with E-state index < -0.39 is 0 Å². The van der Waals surface area contributed by atoms with Crippen LogP contribution in [0.4, 0.5) is 0 Å². The summed E-state index contributed by atoms with van der Waals surface area (Å²) in [5.74, 6) is 0. The standard InChI is InChI=1S/C16H12.2C5H5.2Fe/c1-2-7-13(6-1)15-10-5-11-16(12-15)14-8-3-4-9-14;2*1-2-4-5-3-1;;/h1-12H;2*1-5H;;/q-2;2*-1;;. The van der Waals surface area contributed by atoms with E-state index in [1.165, 1.54) is 22.3 Å². The van der Waals surface area contributed by atoms with Gasteiger partial charge in [0.2, 0.25) is 0 Å². The van der Waals surface area contributed by atoms with Gasteiger partial charge in [0.25, 0.3) is 0 Å². The van der Waals surface area contributed by atoms with Gasteiger partial charge < -0.3 is 0 Å². The molecule has 0 radical (unpaired) electrons. The van der Waals surface area contributed by atoms with Crippen LogP contribution < -0.4 is 0 Å². The van der Waals surface area contributed by atoms with Gasteiger partial charge in [-0.2, -0.15) is 60.7 Å². The van der Waals surface area contributed by atoms with E-state index in [0.717, 1.165) is 0 Å². The van der Waals surface area contributed by atoms with E-state index in [1.807, 2.05) is 60.7 Å². The molecule has 0 atom stereocenters. The van der Waals surface area contributed by atoms with Gasteiger partial charge in [-0.3, -0.25) is 0 Å². The Kier molecular flexibility index (Phi) is 11.7. The largest absolute Gasteiger partial charge is 0.214 e. The minimum Gasteiger partial charge on any atom is -0.214 e. The summed E-state index contributed by atoms with van der Waals surface area (Å²) >= 11 is 0. The molecule has 0 nitrogen and oxygen atoms in total. The average Bonchev–Trinajstić information content (AvgIpc) is 3.50. The van der Waals surface area contributed by atoms with Gasteiger partial charge >= 0.3 is 0 Å². The van der Waals surface area contributed by atoms with Crippen molar-refractivity contribution in [2.24, 2.45) is 0 Å². The summed E-state index contributed by atoms with van der Waals surface area (Å²) in [6.07, 6.45) is 0. The summed E-state index contributed by atoms with van der Waals surface area (Å²) in [6, 6.07) is 45.5. The molecule has 0 saturated heterocycles. The summed E-state index contributed by atoms with van der Waals surface area (Å²) in [6.45, 7) is 0. The molecule has 0 amide bonds. The maximum atomic E-state index is 2.24. The first-order valence-corrected chi connectivity index (χ1v) is 8.81. The zero-order valence-corrected chi connectivity index (χ0v) is 17.6. The van der Waals surface area contributed by atoms with Gasteiger partial charge in [0.05, 0.1) is 0 Å². The molecule has 0 N–H and O–H groups in total. The molecule has 28 heavy (non-hydrogen) atoms. The SMILES string of the molecule is [Fe].[Fe].c1cc(-[c-]2cccc2)cc(-[c-]2cccc2)c1.c1cc[cH-]c1.c1cc[cH-]c1. The quantitative estimate of drug-likeness (QED) is 0.198. The van der Waals surface area contributed by atoms with E-state index in [2.05, 4.69) is 72.8 Å². The zero-order valence-electron chi connectivity index (χ0n) is 15.4. The molecule has 0 bridgehead atoms. The molecule has 0 unspecified atom stereocenters. The maximum Gasteiger partial charge on any atom is 0 e. The molecule has 0 spiro atoms. The third-order valence-electron chi connectivity index (χ3n) is 3.97. The van der Waals surface area contributed by atoms with Crippen molar-refractivity contribution in [3.8, 4) is 22.3 Å². The van der Waals surface area contributed by atoms with Crippen LogP contribution in [0.1, 0.15) is 0 Å². The molecule has 0 aliphatic carbocycles. The number of hydrogen-bond donors (Lipinski definition) is 0. The van der Waals surface area contributed by atoms with Crippen molar-refractivity contribution >= 4 is 0 Å². The van der Waals surface area contributed by atoms with Crippen LogP contribution >= 0.6 is 0 Å². The molecule has 0 heterocycles. The monoisotopic (exact) mass is 446 g/mol. The molecular weight excluding hydrogens is 424 g/mol. The Morgan fingerprint density at radius 2 is 0.821 bits per heavy atom. The molecule has 0 aromatic heterocycles. The molecule has 2 heteroatoms. The minimum absolute atomic E-state index is 0. The van der Waals surface area contributed by atoms with Gasteiger partial charge in [0.15, 0.2) is 0 Å². The Labute approximate surface area is 189 Å². The first-order chi connectivity index (χ1) is 12.9. The predicted molar refractivity (Wildman–Crippen MR) is 113 cm³/mol. The fraction of sp³-hybridized carbons (Fsp3) is 0. The van der Waals surface area contributed by atoms with Gasteiger partial charge in [-0.25, -0.2) is 24.3 Å². The number of rotatable bonds is 2. The average molecular weight is 446 g/mol. The number of benzene rings is 1. The molecule has 0 saturated carbocycles. The molecule has 0 aliphatic rings. The Balaban J connectivity index is 0.000000271. The smallest absolute Gasteiger partial charge is 0 e. The Bertz CT molecular complexity index is 800. The molecule has 146 valence electrons. The van der Waals surface area contributed by atoms with Crippen LogP contribution in [0.3, 0.4) is 0 Å². The van der Waals surface area contributed by atoms with Gasteiger partial charge in [0, 0.05) is 34.1 Å². The van der Waals surface area contributed by atoms with E-state index in [-0.39, 0.29) is 34.1 Å². The Hall–Kier alpha value is -2.34. The van der Waals surface area contributed by atoms with Crippen LogP contribution in [-0.4, -0.2) is 0 Å². The predicted octanol–water partition coefficient (Wildman–Crippen LogP) is 7.26. The Morgan fingerprint density at radius 1 is 0.464 bits per heavy atom. The summed E-state index contributed by atoms with van der Waals surface area (Å²) in [5, 5.41) is 0. The van der Waals surface area contributed by atoms with Crippen LogP contribution in [0.25, 0.3) is 22.3 Å². The van der Waals surface area contributed by atoms with Crippen LogP contribution in [-0.2, 0) is 34.1 Å². The van der Waals surface area contributed by atoms with Gasteiger partial charge in [-0.1, -0.05) is 11.1 Å². The second kappa shape index (κ2) is 13.8. The summed E-state index contributed by atoms with van der Waals surface area (Å²) < 4.78 is 0. The molecule has 5 rings (SSSR count). The molecule has 0 aliphatic heterocycles. The van der Waals surface area contributed by atoms with E-state index in [0.29, 0.717) is 0 Å². The van der Waals surface area contributed by atoms with E-state index in [4.69, 9.17) is 0 Å². The topological polar surface area (TPSA) is 0 Å². The second-order valence-corrected chi connectivity index (χ2v) is 5.85. The van der Waals surface area contributed by atoms with Gasteiger partial charge in [0.1, 0.15) is 0 Å². The molecule has 5 aromatic carbocycles. The Morgan fingerprint density at radius 3 is 1.11 bits per heavy atom. The molecular formula is C26H22Fe2-4. The van der Waals surface area contributed by atoms with Crippen molar-refractivity contribution in [1.29, 1.82) is 0 Å². The van der Waals surface area contributed by atoms with Crippen molar-refractivity contribution in [2.75, 3.05) is 0 Å². The van der Waals surface area contributed by atoms with Crippen molar-refractivity contribution in [1.82, 2.24) is 0 Å². The van der Waals surface area contributed by atoms with Crippen LogP contribution in [0, 0.1) is 0 Å². The third-order valence-corrected chi connectivity index (χ3v) is 3.97. The summed E-state index contributed by atoms with van der Waals surface area (Å²) in [7, 11) is 0. The second-order valence-electron chi connectivity index (χ2n) is 5.85. The summed E-state index contributed by atoms with van der Waals surface area (Å²) in [5.41, 5.74) is 5.13. The van der Waals surface area contributed by atoms with E-state index in [9.17, 15) is 0 Å². The summed E-state index contributed by atoms with van der Waals surface area (Å²) in [4.78, 5) is 0. The van der Waals surface area contributed by atoms with Crippen LogP contribution in [0.2, 0.25) is 0 Å². The number of hydrogen-bond acceptors (Lipinski definition) is 0. The van der Waals surface area contributed by atoms with E-state index >= 15 is 0 Å². The fourth-order valence-corrected chi connectivity index (χ4v) is 2.65. The molecule has 5 aromatic rings. The first-order valence-electron chi connectivity index (χ1n) is 8.81. The van der Waals surface area contributed by atoms with Crippen molar-refractivity contribution in [2.45, 2.75) is 0 Å². The van der Waals surface area contributed by atoms with Crippen molar-refractivity contribution < 1.29 is 34.1 Å². The van der Waals surface area contributed by atoms with Crippen LogP contribution in [0.5, 0.6) is 0 Å².